The lowest BCUT2D eigenvalue weighted by Gasteiger charge is -2.31. The van der Waals surface area contributed by atoms with Crippen molar-refractivity contribution < 1.29 is 19.2 Å². The molecule has 25 heavy (non-hydrogen) atoms. The molecule has 1 aromatic heterocycles. The van der Waals surface area contributed by atoms with Crippen LogP contribution in [0.5, 0.6) is 5.75 Å². The smallest absolute Gasteiger partial charge is 0.404 e. The van der Waals surface area contributed by atoms with Gasteiger partial charge in [-0.15, -0.1) is 0 Å². The molecule has 0 radical (unpaired) electrons. The summed E-state index contributed by atoms with van der Waals surface area (Å²) in [5, 5.41) is 14.1. The second-order valence-electron chi connectivity index (χ2n) is 6.50. The van der Waals surface area contributed by atoms with E-state index in [0.717, 1.165) is 54.1 Å². The van der Waals surface area contributed by atoms with E-state index in [1.165, 1.54) is 0 Å². The summed E-state index contributed by atoms with van der Waals surface area (Å²) in [6.45, 7) is 6.10. The van der Waals surface area contributed by atoms with Gasteiger partial charge < -0.3 is 20.1 Å². The molecule has 134 valence electrons. The predicted octanol–water partition coefficient (Wildman–Crippen LogP) is 2.72. The number of carbonyl (C=O) groups excluding carboxylic acids is 1. The maximum atomic E-state index is 10.8. The van der Waals surface area contributed by atoms with Crippen LogP contribution in [0.4, 0.5) is 4.79 Å². The van der Waals surface area contributed by atoms with Crippen LogP contribution in [0.1, 0.15) is 29.9 Å². The van der Waals surface area contributed by atoms with Crippen LogP contribution in [0.25, 0.3) is 11.1 Å². The lowest BCUT2D eigenvalue weighted by Crippen LogP contribution is -2.38. The summed E-state index contributed by atoms with van der Waals surface area (Å²) < 4.78 is 10.3. The van der Waals surface area contributed by atoms with Gasteiger partial charge in [-0.3, -0.25) is 4.90 Å². The minimum atomic E-state index is -0.712. The number of likely N-dealkylation sites (tertiary alicyclic amines) is 1. The maximum Gasteiger partial charge on any atom is 0.404 e. The summed E-state index contributed by atoms with van der Waals surface area (Å²) >= 11 is 0. The van der Waals surface area contributed by atoms with E-state index in [0.29, 0.717) is 6.54 Å². The highest BCUT2D eigenvalue weighted by Gasteiger charge is 2.22. The van der Waals surface area contributed by atoms with Crippen molar-refractivity contribution in [1.82, 2.24) is 10.1 Å². The number of aromatic nitrogens is 1. The van der Waals surface area contributed by atoms with Gasteiger partial charge in [0.1, 0.15) is 17.6 Å². The number of carbonyl (C=O) groups is 1. The minimum absolute atomic E-state index is 0.101. The zero-order chi connectivity index (χ0) is 18.0. The normalized spacial score (nSPS) is 16.1. The number of phenols is 1. The Labute approximate surface area is 146 Å². The van der Waals surface area contributed by atoms with E-state index < -0.39 is 6.09 Å². The molecule has 0 bridgehead atoms. The van der Waals surface area contributed by atoms with E-state index in [1.807, 2.05) is 13.8 Å². The second kappa shape index (κ2) is 7.14. The van der Waals surface area contributed by atoms with Gasteiger partial charge in [0, 0.05) is 25.2 Å². The van der Waals surface area contributed by atoms with Crippen LogP contribution in [0, 0.1) is 13.8 Å². The number of nitrogens with zero attached hydrogens (tertiary/aromatic N) is 2. The van der Waals surface area contributed by atoms with Gasteiger partial charge in [0.25, 0.3) is 0 Å². The van der Waals surface area contributed by atoms with Crippen molar-refractivity contribution in [2.45, 2.75) is 39.3 Å². The zero-order valence-electron chi connectivity index (χ0n) is 14.5. The average molecular weight is 345 g/mol. The van der Waals surface area contributed by atoms with E-state index in [9.17, 15) is 9.90 Å². The predicted molar refractivity (Wildman–Crippen MR) is 92.0 cm³/mol. The zero-order valence-corrected chi connectivity index (χ0v) is 14.5. The molecule has 3 rings (SSSR count). The quantitative estimate of drug-likeness (QED) is 0.883. The fourth-order valence-corrected chi connectivity index (χ4v) is 3.41. The number of phenolic OH excluding ortho intramolecular Hbond substituents is 1. The molecule has 0 aliphatic carbocycles. The largest absolute Gasteiger partial charge is 0.508 e. The Balaban J connectivity index is 1.71. The highest BCUT2D eigenvalue weighted by molar-refractivity contribution is 5.69. The van der Waals surface area contributed by atoms with Gasteiger partial charge in [0.2, 0.25) is 0 Å². The molecule has 1 aromatic carbocycles. The number of benzene rings is 1. The fraction of sp³-hybridized carbons (Fsp3) is 0.444. The van der Waals surface area contributed by atoms with Crippen LogP contribution in [0.3, 0.4) is 0 Å². The van der Waals surface area contributed by atoms with Crippen molar-refractivity contribution >= 4 is 6.09 Å². The molecular formula is C18H23N3O4. The topological polar surface area (TPSA) is 102 Å². The van der Waals surface area contributed by atoms with Gasteiger partial charge >= 0.3 is 6.09 Å². The van der Waals surface area contributed by atoms with E-state index in [-0.39, 0.29) is 11.9 Å². The fourth-order valence-electron chi connectivity index (χ4n) is 3.41. The second-order valence-corrected chi connectivity index (χ2v) is 6.50. The van der Waals surface area contributed by atoms with Crippen LogP contribution in [-0.4, -0.2) is 40.4 Å². The number of hydrogen-bond donors (Lipinski definition) is 2. The van der Waals surface area contributed by atoms with Crippen LogP contribution >= 0.6 is 0 Å². The molecule has 0 saturated carbocycles. The number of nitrogens with two attached hydrogens (primary N) is 1. The third kappa shape index (κ3) is 4.11. The summed E-state index contributed by atoms with van der Waals surface area (Å²) in [4.78, 5) is 13.1. The maximum absolute atomic E-state index is 10.8. The molecule has 0 atom stereocenters. The molecule has 0 spiro atoms. The van der Waals surface area contributed by atoms with E-state index in [4.69, 9.17) is 15.0 Å². The highest BCUT2D eigenvalue weighted by atomic mass is 16.6. The van der Waals surface area contributed by atoms with Gasteiger partial charge in [0.05, 0.1) is 5.69 Å². The van der Waals surface area contributed by atoms with Crippen molar-refractivity contribution in [2.75, 3.05) is 13.1 Å². The number of hydrogen-bond acceptors (Lipinski definition) is 6. The summed E-state index contributed by atoms with van der Waals surface area (Å²) in [7, 11) is 0. The molecule has 0 unspecified atom stereocenters. The molecule has 3 N–H and O–H groups in total. The number of rotatable bonds is 4. The minimum Gasteiger partial charge on any atom is -0.508 e. The average Bonchev–Trinajstić information content (AvgIpc) is 2.87. The molecule has 1 fully saturated rings. The van der Waals surface area contributed by atoms with Gasteiger partial charge in [0.15, 0.2) is 0 Å². The van der Waals surface area contributed by atoms with Gasteiger partial charge in [-0.05, 0) is 56.0 Å². The molecule has 1 aliphatic heterocycles. The third-order valence-corrected chi connectivity index (χ3v) is 4.52. The lowest BCUT2D eigenvalue weighted by atomic mass is 10.00. The number of ether oxygens (including phenoxy) is 1. The molecule has 1 aliphatic rings. The van der Waals surface area contributed by atoms with Gasteiger partial charge in [-0.1, -0.05) is 5.16 Å². The van der Waals surface area contributed by atoms with Crippen molar-refractivity contribution in [3.05, 3.63) is 35.2 Å². The van der Waals surface area contributed by atoms with Gasteiger partial charge in [-0.2, -0.15) is 0 Å². The standard InChI is InChI=1S/C18H23N3O4/c1-11-17(12(2)25-20-11)14-7-13(8-15(22)9-14)10-21-5-3-16(4-6-21)24-18(19)23/h7-9,16,22H,3-6,10H2,1-2H3,(H2,19,23). The Morgan fingerprint density at radius 2 is 2.08 bits per heavy atom. The molecule has 7 heteroatoms. The van der Waals surface area contributed by atoms with Crippen molar-refractivity contribution in [1.29, 1.82) is 0 Å². The summed E-state index contributed by atoms with van der Waals surface area (Å²) in [6.07, 6.45) is 0.711. The lowest BCUT2D eigenvalue weighted by molar-refractivity contribution is 0.0541. The first-order valence-electron chi connectivity index (χ1n) is 8.37. The molecular weight excluding hydrogens is 322 g/mol. The number of piperidine rings is 1. The van der Waals surface area contributed by atoms with Crippen LogP contribution < -0.4 is 5.73 Å². The molecule has 1 amide bonds. The van der Waals surface area contributed by atoms with Crippen molar-refractivity contribution in [3.63, 3.8) is 0 Å². The molecule has 1 saturated heterocycles. The van der Waals surface area contributed by atoms with E-state index in [1.54, 1.807) is 12.1 Å². The summed E-state index contributed by atoms with van der Waals surface area (Å²) in [6, 6.07) is 5.55. The Morgan fingerprint density at radius 3 is 2.68 bits per heavy atom. The third-order valence-electron chi connectivity index (χ3n) is 4.52. The summed E-state index contributed by atoms with van der Waals surface area (Å²) in [5.74, 6) is 0.956. The molecule has 7 nitrogen and oxygen atoms in total. The SMILES string of the molecule is Cc1noc(C)c1-c1cc(O)cc(CN2CCC(OC(N)=O)CC2)c1. The van der Waals surface area contributed by atoms with Crippen LogP contribution in [0.15, 0.2) is 22.7 Å². The van der Waals surface area contributed by atoms with Crippen molar-refractivity contribution in [2.24, 2.45) is 5.73 Å². The Hall–Kier alpha value is -2.54. The van der Waals surface area contributed by atoms with Crippen LogP contribution in [0.2, 0.25) is 0 Å². The first-order chi connectivity index (χ1) is 11.9. The highest BCUT2D eigenvalue weighted by Crippen LogP contribution is 2.31. The summed E-state index contributed by atoms with van der Waals surface area (Å²) in [5.41, 5.74) is 8.72. The Bertz CT molecular complexity index is 744. The van der Waals surface area contributed by atoms with Gasteiger partial charge in [-0.25, -0.2) is 4.79 Å². The van der Waals surface area contributed by atoms with Crippen LogP contribution in [-0.2, 0) is 11.3 Å². The first-order valence-corrected chi connectivity index (χ1v) is 8.37. The van der Waals surface area contributed by atoms with E-state index in [2.05, 4.69) is 16.1 Å². The number of amides is 1. The molecule has 2 aromatic rings. The monoisotopic (exact) mass is 345 g/mol. The van der Waals surface area contributed by atoms with Crippen molar-refractivity contribution in [3.8, 4) is 16.9 Å². The number of aryl methyl sites for hydroxylation is 2. The van der Waals surface area contributed by atoms with E-state index >= 15 is 0 Å². The molecule has 2 heterocycles. The first kappa shape index (κ1) is 17.3. The number of primary amides is 1. The Morgan fingerprint density at radius 1 is 1.36 bits per heavy atom. The Kier molecular flexibility index (Phi) is 4.94. The number of aromatic hydroxyl groups is 1.